The van der Waals surface area contributed by atoms with Crippen LogP contribution in [0.4, 0.5) is 0 Å². The third kappa shape index (κ3) is 2.68. The lowest BCUT2D eigenvalue weighted by Crippen LogP contribution is -2.22. The van der Waals surface area contributed by atoms with Crippen molar-refractivity contribution in [1.82, 2.24) is 4.90 Å². The number of likely N-dealkylation sites (tertiary alicyclic amines) is 1. The van der Waals surface area contributed by atoms with Crippen LogP contribution in [0, 0.1) is 0 Å². The molecule has 1 heterocycles. The molecule has 1 fully saturated rings. The fraction of sp³-hybridized carbons (Fsp3) is 0.750. The molecule has 1 aliphatic carbocycles. The maximum atomic E-state index is 11.0. The first-order valence-electron chi connectivity index (χ1n) is 5.76. The lowest BCUT2D eigenvalue weighted by Gasteiger charge is -2.17. The molecule has 0 atom stereocenters. The fourth-order valence-electron chi connectivity index (χ4n) is 2.31. The first-order valence-corrected chi connectivity index (χ1v) is 5.76. The summed E-state index contributed by atoms with van der Waals surface area (Å²) in [7, 11) is 0. The maximum absolute atomic E-state index is 11.0. The number of carbonyl (C=O) groups excluding carboxylic acids is 1. The molecular formula is C12H19NO. The smallest absolute Gasteiger partial charge is 0.148 e. The van der Waals surface area contributed by atoms with Crippen LogP contribution >= 0.6 is 0 Å². The highest BCUT2D eigenvalue weighted by atomic mass is 16.1. The van der Waals surface area contributed by atoms with Crippen LogP contribution in [0.5, 0.6) is 0 Å². The third-order valence-electron chi connectivity index (χ3n) is 3.24. The number of hydrogen-bond donors (Lipinski definition) is 0. The predicted molar refractivity (Wildman–Crippen MR) is 57.2 cm³/mol. The average Bonchev–Trinajstić information content (AvgIpc) is 2.63. The summed E-state index contributed by atoms with van der Waals surface area (Å²) in [5.41, 5.74) is 1.62. The number of ketones is 1. The van der Waals surface area contributed by atoms with E-state index in [4.69, 9.17) is 0 Å². The molecule has 0 saturated carbocycles. The van der Waals surface area contributed by atoms with Crippen LogP contribution in [-0.2, 0) is 4.79 Å². The third-order valence-corrected chi connectivity index (χ3v) is 3.24. The SMILES string of the molecule is O=C1CCN(CCC2=CCCCC2)C1. The molecule has 0 unspecified atom stereocenters. The molecule has 2 nitrogen and oxygen atoms in total. The largest absolute Gasteiger partial charge is 0.298 e. The standard InChI is InChI=1S/C12H19NO/c14-12-7-9-13(10-12)8-6-11-4-2-1-3-5-11/h4H,1-3,5-10H2. The Balaban J connectivity index is 1.71. The normalized spacial score (nSPS) is 24.0. The van der Waals surface area contributed by atoms with E-state index in [1.165, 1.54) is 32.1 Å². The van der Waals surface area contributed by atoms with Gasteiger partial charge in [0.2, 0.25) is 0 Å². The minimum Gasteiger partial charge on any atom is -0.298 e. The van der Waals surface area contributed by atoms with E-state index in [9.17, 15) is 4.79 Å². The summed E-state index contributed by atoms with van der Waals surface area (Å²) in [5, 5.41) is 0. The van der Waals surface area contributed by atoms with Crippen molar-refractivity contribution in [3.8, 4) is 0 Å². The van der Waals surface area contributed by atoms with Gasteiger partial charge in [-0.25, -0.2) is 0 Å². The Labute approximate surface area is 86.0 Å². The Bertz CT molecular complexity index is 245. The molecule has 0 bridgehead atoms. The van der Waals surface area contributed by atoms with Crippen molar-refractivity contribution in [3.05, 3.63) is 11.6 Å². The van der Waals surface area contributed by atoms with E-state index in [0.717, 1.165) is 19.5 Å². The van der Waals surface area contributed by atoms with E-state index < -0.39 is 0 Å². The van der Waals surface area contributed by atoms with Crippen LogP contribution < -0.4 is 0 Å². The number of Topliss-reactive ketones (excluding diaryl/α,β-unsaturated/α-hetero) is 1. The molecular weight excluding hydrogens is 174 g/mol. The van der Waals surface area contributed by atoms with E-state index in [1.54, 1.807) is 5.57 Å². The minimum atomic E-state index is 0.419. The van der Waals surface area contributed by atoms with Crippen molar-refractivity contribution in [2.75, 3.05) is 19.6 Å². The monoisotopic (exact) mass is 193 g/mol. The van der Waals surface area contributed by atoms with Gasteiger partial charge in [-0.2, -0.15) is 0 Å². The highest BCUT2D eigenvalue weighted by Gasteiger charge is 2.18. The number of rotatable bonds is 3. The molecule has 0 aromatic rings. The molecule has 0 aromatic heterocycles. The van der Waals surface area contributed by atoms with Crippen LogP contribution in [0.25, 0.3) is 0 Å². The van der Waals surface area contributed by atoms with E-state index in [0.29, 0.717) is 12.3 Å². The molecule has 1 aliphatic heterocycles. The first-order chi connectivity index (χ1) is 6.84. The van der Waals surface area contributed by atoms with E-state index in [-0.39, 0.29) is 0 Å². The topological polar surface area (TPSA) is 20.3 Å². The van der Waals surface area contributed by atoms with Crippen LogP contribution in [0.3, 0.4) is 0 Å². The molecule has 1 saturated heterocycles. The lowest BCUT2D eigenvalue weighted by atomic mass is 9.97. The predicted octanol–water partition coefficient (Wildman–Crippen LogP) is 2.15. The molecule has 0 N–H and O–H groups in total. The average molecular weight is 193 g/mol. The Hall–Kier alpha value is -0.630. The van der Waals surface area contributed by atoms with E-state index in [1.807, 2.05) is 0 Å². The second-order valence-corrected chi connectivity index (χ2v) is 4.42. The van der Waals surface area contributed by atoms with Crippen LogP contribution in [0.15, 0.2) is 11.6 Å². The highest BCUT2D eigenvalue weighted by Crippen LogP contribution is 2.20. The number of hydrogen-bond acceptors (Lipinski definition) is 2. The van der Waals surface area contributed by atoms with Crippen LogP contribution in [0.2, 0.25) is 0 Å². The summed E-state index contributed by atoms with van der Waals surface area (Å²) in [4.78, 5) is 13.3. The summed E-state index contributed by atoms with van der Waals surface area (Å²) >= 11 is 0. The van der Waals surface area contributed by atoms with Gasteiger partial charge in [-0.05, 0) is 32.1 Å². The molecule has 0 radical (unpaired) electrons. The zero-order valence-corrected chi connectivity index (χ0v) is 8.80. The molecule has 2 rings (SSSR count). The van der Waals surface area contributed by atoms with Crippen molar-refractivity contribution >= 4 is 5.78 Å². The van der Waals surface area contributed by atoms with Crippen molar-refractivity contribution in [1.29, 1.82) is 0 Å². The summed E-state index contributed by atoms with van der Waals surface area (Å²) < 4.78 is 0. The molecule has 0 aromatic carbocycles. The van der Waals surface area contributed by atoms with Crippen LogP contribution in [-0.4, -0.2) is 30.3 Å². The minimum absolute atomic E-state index is 0.419. The second-order valence-electron chi connectivity index (χ2n) is 4.42. The summed E-state index contributed by atoms with van der Waals surface area (Å²) in [6, 6.07) is 0. The highest BCUT2D eigenvalue weighted by molar-refractivity contribution is 5.82. The van der Waals surface area contributed by atoms with Gasteiger partial charge < -0.3 is 0 Å². The van der Waals surface area contributed by atoms with Gasteiger partial charge >= 0.3 is 0 Å². The number of allylic oxidation sites excluding steroid dienone is 1. The molecule has 0 amide bonds. The summed E-state index contributed by atoms with van der Waals surface area (Å²) in [6.07, 6.45) is 9.67. The molecule has 14 heavy (non-hydrogen) atoms. The van der Waals surface area contributed by atoms with Gasteiger partial charge in [0.15, 0.2) is 0 Å². The van der Waals surface area contributed by atoms with Gasteiger partial charge in [0, 0.05) is 19.5 Å². The van der Waals surface area contributed by atoms with E-state index in [2.05, 4.69) is 11.0 Å². The Morgan fingerprint density at radius 1 is 1.29 bits per heavy atom. The Morgan fingerprint density at radius 3 is 2.86 bits per heavy atom. The zero-order chi connectivity index (χ0) is 9.80. The lowest BCUT2D eigenvalue weighted by molar-refractivity contribution is -0.116. The number of nitrogens with zero attached hydrogens (tertiary/aromatic N) is 1. The van der Waals surface area contributed by atoms with Crippen LogP contribution in [0.1, 0.15) is 38.5 Å². The van der Waals surface area contributed by atoms with Crippen molar-refractivity contribution in [2.45, 2.75) is 38.5 Å². The van der Waals surface area contributed by atoms with Gasteiger partial charge in [0.05, 0.1) is 6.54 Å². The second kappa shape index (κ2) is 4.74. The fourth-order valence-corrected chi connectivity index (χ4v) is 2.31. The quantitative estimate of drug-likeness (QED) is 0.640. The maximum Gasteiger partial charge on any atom is 0.148 e. The molecule has 0 spiro atoms. The Kier molecular flexibility index (Phi) is 3.35. The van der Waals surface area contributed by atoms with Crippen molar-refractivity contribution in [2.24, 2.45) is 0 Å². The molecule has 78 valence electrons. The summed E-state index contributed by atoms with van der Waals surface area (Å²) in [6.45, 7) is 2.79. The molecule has 2 heteroatoms. The van der Waals surface area contributed by atoms with Crippen molar-refractivity contribution in [3.63, 3.8) is 0 Å². The van der Waals surface area contributed by atoms with Gasteiger partial charge in [-0.1, -0.05) is 11.6 Å². The van der Waals surface area contributed by atoms with Gasteiger partial charge in [0.25, 0.3) is 0 Å². The first kappa shape index (κ1) is 9.91. The summed E-state index contributed by atoms with van der Waals surface area (Å²) in [5.74, 6) is 0.419. The van der Waals surface area contributed by atoms with Gasteiger partial charge in [-0.3, -0.25) is 9.69 Å². The zero-order valence-electron chi connectivity index (χ0n) is 8.80. The number of carbonyl (C=O) groups is 1. The van der Waals surface area contributed by atoms with E-state index >= 15 is 0 Å². The molecule has 2 aliphatic rings. The van der Waals surface area contributed by atoms with Crippen molar-refractivity contribution < 1.29 is 4.79 Å². The van der Waals surface area contributed by atoms with Gasteiger partial charge in [0.1, 0.15) is 5.78 Å². The Morgan fingerprint density at radius 2 is 2.21 bits per heavy atom. The van der Waals surface area contributed by atoms with Gasteiger partial charge in [-0.15, -0.1) is 0 Å².